The van der Waals surface area contributed by atoms with Crippen LogP contribution in [0.25, 0.3) is 0 Å². The van der Waals surface area contributed by atoms with Crippen LogP contribution in [0.15, 0.2) is 23.6 Å². The van der Waals surface area contributed by atoms with Crippen LogP contribution >= 0.6 is 34.3 Å². The van der Waals surface area contributed by atoms with Gasteiger partial charge in [-0.3, -0.25) is 10.1 Å². The summed E-state index contributed by atoms with van der Waals surface area (Å²) < 4.78 is 0.641. The summed E-state index contributed by atoms with van der Waals surface area (Å²) in [5.41, 5.74) is 0.841. The van der Waals surface area contributed by atoms with Crippen LogP contribution in [0.1, 0.15) is 16.5 Å². The number of halogens is 1. The molecule has 1 unspecified atom stereocenters. The third-order valence-corrected chi connectivity index (χ3v) is 4.67. The molecule has 0 aromatic carbocycles. The maximum Gasteiger partial charge on any atom is 0.324 e. The molecule has 0 saturated carbocycles. The zero-order chi connectivity index (χ0) is 13.8. The van der Waals surface area contributed by atoms with E-state index in [0.717, 1.165) is 21.8 Å². The maximum atomic E-state index is 10.5. The van der Waals surface area contributed by atoms with Crippen molar-refractivity contribution in [2.24, 2.45) is 0 Å². The van der Waals surface area contributed by atoms with E-state index in [1.807, 2.05) is 0 Å². The van der Waals surface area contributed by atoms with Crippen molar-refractivity contribution in [3.63, 3.8) is 0 Å². The van der Waals surface area contributed by atoms with E-state index in [2.05, 4.69) is 5.32 Å². The van der Waals surface area contributed by atoms with Crippen molar-refractivity contribution >= 4 is 39.3 Å². The van der Waals surface area contributed by atoms with Gasteiger partial charge in [0.2, 0.25) is 0 Å². The van der Waals surface area contributed by atoms with Gasteiger partial charge in [0.1, 0.15) is 6.10 Å². The Morgan fingerprint density at radius 2 is 2.32 bits per heavy atom. The van der Waals surface area contributed by atoms with E-state index in [4.69, 9.17) is 11.6 Å². The van der Waals surface area contributed by atoms with E-state index in [-0.39, 0.29) is 5.00 Å². The summed E-state index contributed by atoms with van der Waals surface area (Å²) in [5.74, 6) is 0. The molecule has 8 heteroatoms. The fourth-order valence-electron chi connectivity index (χ4n) is 1.51. The molecule has 2 aromatic heterocycles. The normalized spacial score (nSPS) is 12.5. The number of aliphatic hydroxyl groups is 1. The molecule has 5 nitrogen and oxygen atoms in total. The molecule has 0 amide bonds. The number of aliphatic hydroxyl groups excluding tert-OH is 1. The van der Waals surface area contributed by atoms with Crippen molar-refractivity contribution in [3.8, 4) is 0 Å². The van der Waals surface area contributed by atoms with Crippen LogP contribution in [-0.2, 0) is 6.54 Å². The molecule has 2 heterocycles. The van der Waals surface area contributed by atoms with E-state index >= 15 is 0 Å². The van der Waals surface area contributed by atoms with Crippen LogP contribution in [0.2, 0.25) is 4.34 Å². The number of hydrogen-bond donors (Lipinski definition) is 2. The molecular formula is C11H11ClN2O3S2. The summed E-state index contributed by atoms with van der Waals surface area (Å²) >= 11 is 8.23. The minimum absolute atomic E-state index is 0.127. The monoisotopic (exact) mass is 318 g/mol. The number of nitro groups is 1. The molecule has 1 atom stereocenters. The molecule has 2 rings (SSSR count). The number of hydrogen-bond acceptors (Lipinski definition) is 6. The highest BCUT2D eigenvalue weighted by molar-refractivity contribution is 7.16. The summed E-state index contributed by atoms with van der Waals surface area (Å²) in [6.45, 7) is 0.862. The highest BCUT2D eigenvalue weighted by atomic mass is 35.5. The number of nitrogens with one attached hydrogen (secondary N) is 1. The van der Waals surface area contributed by atoms with Gasteiger partial charge in [-0.25, -0.2) is 0 Å². The topological polar surface area (TPSA) is 75.4 Å². The van der Waals surface area contributed by atoms with Gasteiger partial charge >= 0.3 is 5.00 Å². The lowest BCUT2D eigenvalue weighted by molar-refractivity contribution is -0.380. The fraction of sp³-hybridized carbons (Fsp3) is 0.273. The molecule has 0 aliphatic rings. The first kappa shape index (κ1) is 14.4. The molecule has 2 N–H and O–H groups in total. The SMILES string of the molecule is O=[N+]([O-])c1cc(CNCC(O)c2ccc(Cl)s2)cs1. The Kier molecular flexibility index (Phi) is 4.89. The first-order valence-electron chi connectivity index (χ1n) is 5.42. The average molecular weight is 319 g/mol. The molecule has 102 valence electrons. The van der Waals surface area contributed by atoms with Crippen molar-refractivity contribution in [2.45, 2.75) is 12.6 Å². The van der Waals surface area contributed by atoms with Gasteiger partial charge < -0.3 is 10.4 Å². The molecule has 0 saturated heterocycles. The minimum atomic E-state index is -0.619. The Hall–Kier alpha value is -0.990. The van der Waals surface area contributed by atoms with E-state index in [9.17, 15) is 15.2 Å². The number of rotatable bonds is 6. The summed E-state index contributed by atoms with van der Waals surface area (Å²) in [6.07, 6.45) is -0.619. The van der Waals surface area contributed by atoms with E-state index in [1.54, 1.807) is 17.5 Å². The fourth-order valence-corrected chi connectivity index (χ4v) is 3.29. The third-order valence-electron chi connectivity index (χ3n) is 2.41. The van der Waals surface area contributed by atoms with Gasteiger partial charge in [0, 0.05) is 29.4 Å². The molecule has 2 aromatic rings. The predicted octanol–water partition coefficient (Wildman–Crippen LogP) is 3.19. The molecule has 0 spiro atoms. The highest BCUT2D eigenvalue weighted by Crippen LogP contribution is 2.26. The first-order chi connectivity index (χ1) is 9.06. The zero-order valence-corrected chi connectivity index (χ0v) is 12.1. The van der Waals surface area contributed by atoms with E-state index in [1.165, 1.54) is 17.4 Å². The van der Waals surface area contributed by atoms with Gasteiger partial charge in [0.25, 0.3) is 0 Å². The lowest BCUT2D eigenvalue weighted by Crippen LogP contribution is -2.20. The van der Waals surface area contributed by atoms with E-state index < -0.39 is 11.0 Å². The lowest BCUT2D eigenvalue weighted by atomic mass is 10.2. The van der Waals surface area contributed by atoms with Crippen molar-refractivity contribution in [1.82, 2.24) is 5.32 Å². The average Bonchev–Trinajstić information content (AvgIpc) is 2.98. The molecular weight excluding hydrogens is 308 g/mol. The van der Waals surface area contributed by atoms with Crippen LogP contribution in [0.5, 0.6) is 0 Å². The van der Waals surface area contributed by atoms with Gasteiger partial charge in [-0.15, -0.1) is 11.3 Å². The third kappa shape index (κ3) is 3.99. The molecule has 19 heavy (non-hydrogen) atoms. The Labute approximate surface area is 122 Å². The first-order valence-corrected chi connectivity index (χ1v) is 7.49. The Bertz CT molecular complexity index is 570. The van der Waals surface area contributed by atoms with Gasteiger partial charge in [0.05, 0.1) is 9.26 Å². The minimum Gasteiger partial charge on any atom is -0.386 e. The van der Waals surface area contributed by atoms with Crippen molar-refractivity contribution < 1.29 is 10.0 Å². The van der Waals surface area contributed by atoms with Gasteiger partial charge in [-0.05, 0) is 17.7 Å². The Balaban J connectivity index is 1.81. The standard InChI is InChI=1S/C11H11ClN2O3S2/c12-10-2-1-9(19-10)8(15)5-13-4-7-3-11(14(16)17)18-6-7/h1-3,6,8,13,15H,4-5H2. The lowest BCUT2D eigenvalue weighted by Gasteiger charge is -2.09. The van der Waals surface area contributed by atoms with Crippen LogP contribution in [0.3, 0.4) is 0 Å². The van der Waals surface area contributed by atoms with Crippen LogP contribution in [0, 0.1) is 10.1 Å². The quantitative estimate of drug-likeness (QED) is 0.633. The Morgan fingerprint density at radius 1 is 1.53 bits per heavy atom. The number of thiophene rings is 2. The molecule has 0 bridgehead atoms. The summed E-state index contributed by atoms with van der Waals surface area (Å²) in [7, 11) is 0. The zero-order valence-electron chi connectivity index (χ0n) is 9.71. The second-order valence-corrected chi connectivity index (χ2v) is 6.48. The predicted molar refractivity (Wildman–Crippen MR) is 77.0 cm³/mol. The molecule has 0 aliphatic carbocycles. The molecule has 0 fully saturated rings. The molecule has 0 aliphatic heterocycles. The number of nitrogens with zero attached hydrogens (tertiary/aromatic N) is 1. The maximum absolute atomic E-state index is 10.5. The second-order valence-electron chi connectivity index (χ2n) is 3.84. The van der Waals surface area contributed by atoms with Crippen LogP contribution < -0.4 is 5.32 Å². The van der Waals surface area contributed by atoms with Crippen molar-refractivity contribution in [1.29, 1.82) is 0 Å². The van der Waals surface area contributed by atoms with Crippen molar-refractivity contribution in [3.05, 3.63) is 48.5 Å². The highest BCUT2D eigenvalue weighted by Gasteiger charge is 2.12. The van der Waals surface area contributed by atoms with Crippen molar-refractivity contribution in [2.75, 3.05) is 6.54 Å². The van der Waals surface area contributed by atoms with Gasteiger partial charge in [-0.2, -0.15) is 0 Å². The van der Waals surface area contributed by atoms with Crippen LogP contribution in [0.4, 0.5) is 5.00 Å². The second kappa shape index (κ2) is 6.44. The summed E-state index contributed by atoms with van der Waals surface area (Å²) in [6, 6.07) is 5.06. The van der Waals surface area contributed by atoms with Crippen LogP contribution in [-0.4, -0.2) is 16.6 Å². The van der Waals surface area contributed by atoms with Gasteiger partial charge in [0.15, 0.2) is 0 Å². The largest absolute Gasteiger partial charge is 0.386 e. The summed E-state index contributed by atoms with van der Waals surface area (Å²) in [5, 5.41) is 25.3. The Morgan fingerprint density at radius 3 is 2.89 bits per heavy atom. The molecule has 0 radical (unpaired) electrons. The van der Waals surface area contributed by atoms with Gasteiger partial charge in [-0.1, -0.05) is 22.9 Å². The smallest absolute Gasteiger partial charge is 0.324 e. The summed E-state index contributed by atoms with van der Waals surface area (Å²) in [4.78, 5) is 10.9. The van der Waals surface area contributed by atoms with E-state index in [0.29, 0.717) is 17.4 Å².